The van der Waals surface area contributed by atoms with E-state index in [-0.39, 0.29) is 23.9 Å². The predicted molar refractivity (Wildman–Crippen MR) is 73.7 cm³/mol. The van der Waals surface area contributed by atoms with E-state index in [9.17, 15) is 18.4 Å². The Bertz CT molecular complexity index is 528. The minimum atomic E-state index is -0.900. The Kier molecular flexibility index (Phi) is 5.25. The summed E-state index contributed by atoms with van der Waals surface area (Å²) in [4.78, 5) is 23.4. The number of nitrogens with one attached hydrogen (secondary N) is 2. The van der Waals surface area contributed by atoms with Crippen molar-refractivity contribution in [2.75, 3.05) is 13.1 Å². The van der Waals surface area contributed by atoms with E-state index < -0.39 is 17.5 Å². The number of hydrogen-bond acceptors (Lipinski definition) is 2. The zero-order valence-corrected chi connectivity index (χ0v) is 11.6. The fourth-order valence-electron chi connectivity index (χ4n) is 2.46. The lowest BCUT2D eigenvalue weighted by Gasteiger charge is -2.11. The molecule has 1 fully saturated rings. The first-order valence-corrected chi connectivity index (χ1v) is 7.09. The molecule has 0 aliphatic heterocycles. The van der Waals surface area contributed by atoms with E-state index in [4.69, 9.17) is 0 Å². The first-order valence-electron chi connectivity index (χ1n) is 7.09. The van der Waals surface area contributed by atoms with Gasteiger partial charge >= 0.3 is 0 Å². The monoisotopic (exact) mass is 296 g/mol. The summed E-state index contributed by atoms with van der Waals surface area (Å²) in [7, 11) is 0. The highest BCUT2D eigenvalue weighted by Crippen LogP contribution is 2.24. The Morgan fingerprint density at radius 1 is 1.10 bits per heavy atom. The number of rotatable bonds is 5. The normalized spacial score (nSPS) is 15.0. The highest BCUT2D eigenvalue weighted by Gasteiger charge is 2.22. The van der Waals surface area contributed by atoms with Gasteiger partial charge in [0.05, 0.1) is 5.56 Å². The molecule has 0 spiro atoms. The zero-order valence-electron chi connectivity index (χ0n) is 11.6. The third-order valence-corrected chi connectivity index (χ3v) is 3.61. The summed E-state index contributed by atoms with van der Waals surface area (Å²) in [6.07, 6.45) is 4.00. The molecule has 0 unspecified atom stereocenters. The topological polar surface area (TPSA) is 58.2 Å². The van der Waals surface area contributed by atoms with Crippen LogP contribution in [0.5, 0.6) is 0 Å². The molecule has 1 saturated carbocycles. The molecule has 2 N–H and O–H groups in total. The Labute approximate surface area is 121 Å². The molecule has 0 aromatic heterocycles. The summed E-state index contributed by atoms with van der Waals surface area (Å²) < 4.78 is 26.1. The highest BCUT2D eigenvalue weighted by molar-refractivity contribution is 5.94. The van der Waals surface area contributed by atoms with Gasteiger partial charge in [-0.1, -0.05) is 12.8 Å². The van der Waals surface area contributed by atoms with E-state index in [0.29, 0.717) is 12.6 Å². The summed E-state index contributed by atoms with van der Waals surface area (Å²) in [5.74, 6) is -2.16. The van der Waals surface area contributed by atoms with Crippen molar-refractivity contribution >= 4 is 11.8 Å². The largest absolute Gasteiger partial charge is 0.354 e. The standard InChI is InChI=1S/C15H18F2N2O2/c16-11-5-6-12(13(17)9-11)15(21)19-8-7-18-14(20)10-3-1-2-4-10/h5-6,9-10H,1-4,7-8H2,(H,18,20)(H,19,21). The van der Waals surface area contributed by atoms with Crippen LogP contribution in [0, 0.1) is 17.6 Å². The average molecular weight is 296 g/mol. The van der Waals surface area contributed by atoms with Gasteiger partial charge in [-0.25, -0.2) is 8.78 Å². The molecule has 1 aromatic carbocycles. The minimum absolute atomic E-state index is 0.00899. The molecule has 114 valence electrons. The van der Waals surface area contributed by atoms with Gasteiger partial charge in [0.1, 0.15) is 11.6 Å². The van der Waals surface area contributed by atoms with Crippen molar-refractivity contribution in [2.45, 2.75) is 25.7 Å². The Morgan fingerprint density at radius 3 is 2.43 bits per heavy atom. The Hall–Kier alpha value is -1.98. The molecule has 1 aliphatic rings. The average Bonchev–Trinajstić information content (AvgIpc) is 2.97. The Morgan fingerprint density at radius 2 is 1.76 bits per heavy atom. The molecule has 4 nitrogen and oxygen atoms in total. The van der Waals surface area contributed by atoms with Crippen LogP contribution in [-0.2, 0) is 4.79 Å². The molecular weight excluding hydrogens is 278 g/mol. The summed E-state index contributed by atoms with van der Waals surface area (Å²) in [5.41, 5.74) is -0.210. The van der Waals surface area contributed by atoms with Gasteiger partial charge in [0.25, 0.3) is 5.91 Å². The summed E-state index contributed by atoms with van der Waals surface area (Å²) in [6, 6.07) is 2.79. The van der Waals surface area contributed by atoms with Crippen LogP contribution in [-0.4, -0.2) is 24.9 Å². The van der Waals surface area contributed by atoms with E-state index >= 15 is 0 Å². The minimum Gasteiger partial charge on any atom is -0.354 e. The fraction of sp³-hybridized carbons (Fsp3) is 0.467. The second-order valence-electron chi connectivity index (χ2n) is 5.15. The van der Waals surface area contributed by atoms with Crippen LogP contribution < -0.4 is 10.6 Å². The van der Waals surface area contributed by atoms with E-state index in [2.05, 4.69) is 10.6 Å². The van der Waals surface area contributed by atoms with Gasteiger partial charge < -0.3 is 10.6 Å². The first kappa shape index (κ1) is 15.4. The van der Waals surface area contributed by atoms with E-state index in [0.717, 1.165) is 37.8 Å². The smallest absolute Gasteiger partial charge is 0.254 e. The molecule has 21 heavy (non-hydrogen) atoms. The van der Waals surface area contributed by atoms with Gasteiger partial charge in [-0.3, -0.25) is 9.59 Å². The van der Waals surface area contributed by atoms with Crippen LogP contribution in [0.15, 0.2) is 18.2 Å². The quantitative estimate of drug-likeness (QED) is 0.817. The van der Waals surface area contributed by atoms with Crippen molar-refractivity contribution in [1.29, 1.82) is 0 Å². The van der Waals surface area contributed by atoms with Crippen LogP contribution in [0.3, 0.4) is 0 Å². The Balaban J connectivity index is 1.73. The van der Waals surface area contributed by atoms with Gasteiger partial charge in [-0.15, -0.1) is 0 Å². The third-order valence-electron chi connectivity index (χ3n) is 3.61. The predicted octanol–water partition coefficient (Wildman–Crippen LogP) is 2.00. The van der Waals surface area contributed by atoms with Crippen molar-refractivity contribution in [3.8, 4) is 0 Å². The van der Waals surface area contributed by atoms with E-state index in [1.54, 1.807) is 0 Å². The zero-order chi connectivity index (χ0) is 15.2. The lowest BCUT2D eigenvalue weighted by atomic mass is 10.1. The van der Waals surface area contributed by atoms with Gasteiger partial charge in [0, 0.05) is 25.1 Å². The molecule has 0 heterocycles. The molecular formula is C15H18F2N2O2. The number of carbonyl (C=O) groups excluding carboxylic acids is 2. The highest BCUT2D eigenvalue weighted by atomic mass is 19.1. The number of benzene rings is 1. The lowest BCUT2D eigenvalue weighted by molar-refractivity contribution is -0.124. The van der Waals surface area contributed by atoms with Crippen molar-refractivity contribution in [3.63, 3.8) is 0 Å². The van der Waals surface area contributed by atoms with Gasteiger partial charge in [0.2, 0.25) is 5.91 Å². The molecule has 1 aliphatic carbocycles. The molecule has 2 amide bonds. The maximum absolute atomic E-state index is 13.4. The second-order valence-corrected chi connectivity index (χ2v) is 5.15. The van der Waals surface area contributed by atoms with Crippen molar-refractivity contribution in [1.82, 2.24) is 10.6 Å². The number of carbonyl (C=O) groups is 2. The molecule has 0 bridgehead atoms. The van der Waals surface area contributed by atoms with Crippen LogP contribution in [0.1, 0.15) is 36.0 Å². The maximum Gasteiger partial charge on any atom is 0.254 e. The summed E-state index contributed by atoms with van der Waals surface area (Å²) in [5, 5.41) is 5.24. The van der Waals surface area contributed by atoms with Crippen LogP contribution in [0.2, 0.25) is 0 Å². The molecule has 1 aromatic rings. The molecule has 6 heteroatoms. The van der Waals surface area contributed by atoms with Gasteiger partial charge in [-0.05, 0) is 25.0 Å². The maximum atomic E-state index is 13.4. The molecule has 0 radical (unpaired) electrons. The SMILES string of the molecule is O=C(NCCNC(=O)C1CCCC1)c1ccc(F)cc1F. The molecule has 0 saturated heterocycles. The van der Waals surface area contributed by atoms with Crippen molar-refractivity contribution in [2.24, 2.45) is 5.92 Å². The van der Waals surface area contributed by atoms with Gasteiger partial charge in [-0.2, -0.15) is 0 Å². The van der Waals surface area contributed by atoms with E-state index in [1.165, 1.54) is 0 Å². The van der Waals surface area contributed by atoms with Crippen LogP contribution in [0.25, 0.3) is 0 Å². The number of halogens is 2. The number of hydrogen-bond donors (Lipinski definition) is 2. The van der Waals surface area contributed by atoms with Gasteiger partial charge in [0.15, 0.2) is 0 Å². The van der Waals surface area contributed by atoms with E-state index in [1.807, 2.05) is 0 Å². The van der Waals surface area contributed by atoms with Crippen molar-refractivity contribution in [3.05, 3.63) is 35.4 Å². The van der Waals surface area contributed by atoms with Crippen LogP contribution >= 0.6 is 0 Å². The molecule has 2 rings (SSSR count). The third kappa shape index (κ3) is 4.24. The van der Waals surface area contributed by atoms with Crippen molar-refractivity contribution < 1.29 is 18.4 Å². The van der Waals surface area contributed by atoms with Crippen LogP contribution in [0.4, 0.5) is 8.78 Å². The summed E-state index contributed by atoms with van der Waals surface area (Å²) in [6.45, 7) is 0.498. The first-order chi connectivity index (χ1) is 10.1. The molecule has 0 atom stereocenters. The summed E-state index contributed by atoms with van der Waals surface area (Å²) >= 11 is 0. The number of amides is 2. The lowest BCUT2D eigenvalue weighted by Crippen LogP contribution is -2.37. The second kappa shape index (κ2) is 7.15. The fourth-order valence-corrected chi connectivity index (χ4v) is 2.46.